The smallest absolute Gasteiger partial charge is 0.213 e. The Morgan fingerprint density at radius 2 is 1.29 bits per heavy atom. The molecule has 0 aliphatic carbocycles. The predicted octanol–water partition coefficient (Wildman–Crippen LogP) is 3.95. The van der Waals surface area contributed by atoms with Gasteiger partial charge >= 0.3 is 0 Å². The average Bonchev–Trinajstić information content (AvgIpc) is 2.46. The Balaban J connectivity index is 2.37. The van der Waals surface area contributed by atoms with Gasteiger partial charge in [-0.3, -0.25) is 0 Å². The number of hydrogen-bond acceptors (Lipinski definition) is 2. The molecule has 2 nitrogen and oxygen atoms in total. The van der Waals surface area contributed by atoms with Crippen LogP contribution in [0.4, 0.5) is 8.78 Å². The summed E-state index contributed by atoms with van der Waals surface area (Å²) in [7, 11) is -4.28. The van der Waals surface area contributed by atoms with E-state index in [0.29, 0.717) is 10.8 Å². The molecule has 0 aromatic heterocycles. The van der Waals surface area contributed by atoms with Crippen LogP contribution in [0.5, 0.6) is 0 Å². The molecule has 0 bridgehead atoms. The van der Waals surface area contributed by atoms with E-state index in [1.807, 2.05) is 0 Å². The third-order valence-electron chi connectivity index (χ3n) is 3.23. The van der Waals surface area contributed by atoms with Crippen LogP contribution in [0.2, 0.25) is 0 Å². The molecular weight excluding hydrogens is 294 g/mol. The van der Waals surface area contributed by atoms with Crippen molar-refractivity contribution in [2.24, 2.45) is 0 Å². The van der Waals surface area contributed by atoms with Crippen LogP contribution in [-0.4, -0.2) is 8.42 Å². The van der Waals surface area contributed by atoms with Gasteiger partial charge < -0.3 is 0 Å². The molecule has 0 amide bonds. The molecule has 0 heterocycles. The third kappa shape index (κ3) is 2.19. The van der Waals surface area contributed by atoms with Crippen LogP contribution in [0.15, 0.2) is 70.5 Å². The van der Waals surface area contributed by atoms with Gasteiger partial charge in [-0.2, -0.15) is 0 Å². The van der Waals surface area contributed by atoms with Gasteiger partial charge in [0, 0.05) is 5.39 Å². The molecule has 0 fully saturated rings. The van der Waals surface area contributed by atoms with Gasteiger partial charge in [-0.05, 0) is 23.6 Å². The van der Waals surface area contributed by atoms with Crippen LogP contribution in [-0.2, 0) is 9.84 Å². The topological polar surface area (TPSA) is 34.1 Å². The molecule has 106 valence electrons. The maximum Gasteiger partial charge on any atom is 0.213 e. The van der Waals surface area contributed by atoms with Crippen LogP contribution in [0.1, 0.15) is 0 Å². The molecule has 0 atom stereocenters. The van der Waals surface area contributed by atoms with Gasteiger partial charge in [0.25, 0.3) is 0 Å². The Morgan fingerprint density at radius 3 is 2.00 bits per heavy atom. The molecule has 5 heteroatoms. The van der Waals surface area contributed by atoms with Crippen LogP contribution in [0.3, 0.4) is 0 Å². The highest BCUT2D eigenvalue weighted by Crippen LogP contribution is 2.30. The lowest BCUT2D eigenvalue weighted by atomic mass is 10.1. The quantitative estimate of drug-likeness (QED) is 0.718. The summed E-state index contributed by atoms with van der Waals surface area (Å²) >= 11 is 0. The summed E-state index contributed by atoms with van der Waals surface area (Å²) in [5, 5.41) is 1.12. The second-order valence-corrected chi connectivity index (χ2v) is 6.39. The first-order valence-corrected chi connectivity index (χ1v) is 7.67. The van der Waals surface area contributed by atoms with Gasteiger partial charge in [0.1, 0.15) is 16.5 Å². The summed E-state index contributed by atoms with van der Waals surface area (Å²) in [4.78, 5) is -1.02. The van der Waals surface area contributed by atoms with Crippen LogP contribution < -0.4 is 0 Å². The molecule has 0 aliphatic heterocycles. The fraction of sp³-hybridized carbons (Fsp3) is 0. The predicted molar refractivity (Wildman–Crippen MR) is 75.8 cm³/mol. The highest BCUT2D eigenvalue weighted by atomic mass is 32.2. The maximum atomic E-state index is 13.8. The number of fused-ring (bicyclic) bond motifs is 1. The summed E-state index contributed by atoms with van der Waals surface area (Å²) in [6, 6.07) is 14.4. The zero-order chi connectivity index (χ0) is 15.0. The van der Waals surface area contributed by atoms with Crippen molar-refractivity contribution in [1.82, 2.24) is 0 Å². The van der Waals surface area contributed by atoms with E-state index in [9.17, 15) is 17.2 Å². The highest BCUT2D eigenvalue weighted by Gasteiger charge is 2.27. The molecule has 3 aromatic rings. The van der Waals surface area contributed by atoms with E-state index in [2.05, 4.69) is 0 Å². The van der Waals surface area contributed by atoms with Crippen molar-refractivity contribution < 1.29 is 17.2 Å². The van der Waals surface area contributed by atoms with Crippen molar-refractivity contribution in [2.45, 2.75) is 9.79 Å². The Morgan fingerprint density at radius 1 is 0.714 bits per heavy atom. The summed E-state index contributed by atoms with van der Waals surface area (Å²) in [5.74, 6) is -2.19. The Labute approximate surface area is 120 Å². The SMILES string of the molecule is O=S(=O)(c1c(F)cccc1F)c1cccc2ccccc12. The van der Waals surface area contributed by atoms with Crippen LogP contribution >= 0.6 is 0 Å². The summed E-state index contributed by atoms with van der Waals surface area (Å²) < 4.78 is 52.8. The molecule has 0 saturated carbocycles. The number of halogens is 2. The fourth-order valence-electron chi connectivity index (χ4n) is 2.28. The molecule has 0 N–H and O–H groups in total. The van der Waals surface area contributed by atoms with Crippen molar-refractivity contribution in [3.05, 3.63) is 72.3 Å². The lowest BCUT2D eigenvalue weighted by Gasteiger charge is -2.09. The second kappa shape index (κ2) is 4.93. The Kier molecular flexibility index (Phi) is 3.22. The minimum Gasteiger partial charge on any atom is -0.218 e. The normalized spacial score (nSPS) is 11.7. The first kappa shape index (κ1) is 13.7. The Bertz CT molecular complexity index is 908. The number of sulfone groups is 1. The average molecular weight is 304 g/mol. The monoisotopic (exact) mass is 304 g/mol. The lowest BCUT2D eigenvalue weighted by Crippen LogP contribution is -2.08. The van der Waals surface area contributed by atoms with Crippen LogP contribution in [0.25, 0.3) is 10.8 Å². The van der Waals surface area contributed by atoms with Gasteiger partial charge in [0.05, 0.1) is 4.90 Å². The van der Waals surface area contributed by atoms with Gasteiger partial charge in [-0.1, -0.05) is 42.5 Å². The van der Waals surface area contributed by atoms with E-state index < -0.39 is 26.4 Å². The standard InChI is InChI=1S/C16H10F2O2S/c17-13-8-4-9-14(18)16(13)21(19,20)15-10-3-6-11-5-1-2-7-12(11)15/h1-10H. The van der Waals surface area contributed by atoms with E-state index in [-0.39, 0.29) is 4.90 Å². The van der Waals surface area contributed by atoms with E-state index in [1.54, 1.807) is 36.4 Å². The van der Waals surface area contributed by atoms with Crippen molar-refractivity contribution in [1.29, 1.82) is 0 Å². The van der Waals surface area contributed by atoms with E-state index in [1.165, 1.54) is 6.07 Å². The molecule has 0 spiro atoms. The summed E-state index contributed by atoms with van der Waals surface area (Å²) in [6.07, 6.45) is 0. The number of rotatable bonds is 2. The minimum atomic E-state index is -4.28. The second-order valence-electron chi connectivity index (χ2n) is 4.53. The van der Waals surface area contributed by atoms with Crippen molar-refractivity contribution in [3.63, 3.8) is 0 Å². The Hall–Kier alpha value is -2.27. The zero-order valence-corrected chi connectivity index (χ0v) is 11.6. The van der Waals surface area contributed by atoms with Crippen molar-refractivity contribution in [2.75, 3.05) is 0 Å². The summed E-state index contributed by atoms with van der Waals surface area (Å²) in [5.41, 5.74) is 0. The largest absolute Gasteiger partial charge is 0.218 e. The maximum absolute atomic E-state index is 13.8. The molecular formula is C16H10F2O2S. The zero-order valence-electron chi connectivity index (χ0n) is 10.8. The van der Waals surface area contributed by atoms with Crippen molar-refractivity contribution in [3.8, 4) is 0 Å². The van der Waals surface area contributed by atoms with Gasteiger partial charge in [-0.15, -0.1) is 0 Å². The lowest BCUT2D eigenvalue weighted by molar-refractivity contribution is 0.519. The van der Waals surface area contributed by atoms with E-state index in [4.69, 9.17) is 0 Å². The van der Waals surface area contributed by atoms with E-state index in [0.717, 1.165) is 18.2 Å². The fourth-order valence-corrected chi connectivity index (χ4v) is 3.88. The molecule has 3 rings (SSSR count). The van der Waals surface area contributed by atoms with Crippen LogP contribution in [0, 0.1) is 11.6 Å². The molecule has 3 aromatic carbocycles. The first-order chi connectivity index (χ1) is 10.0. The van der Waals surface area contributed by atoms with Gasteiger partial charge in [-0.25, -0.2) is 17.2 Å². The summed E-state index contributed by atoms with van der Waals surface area (Å²) in [6.45, 7) is 0. The number of hydrogen-bond donors (Lipinski definition) is 0. The highest BCUT2D eigenvalue weighted by molar-refractivity contribution is 7.91. The van der Waals surface area contributed by atoms with Crippen molar-refractivity contribution >= 4 is 20.6 Å². The molecule has 0 aliphatic rings. The molecule has 21 heavy (non-hydrogen) atoms. The molecule has 0 saturated heterocycles. The van der Waals surface area contributed by atoms with Gasteiger partial charge in [0.15, 0.2) is 0 Å². The van der Waals surface area contributed by atoms with E-state index >= 15 is 0 Å². The van der Waals surface area contributed by atoms with Gasteiger partial charge in [0.2, 0.25) is 9.84 Å². The molecule has 0 radical (unpaired) electrons. The third-order valence-corrected chi connectivity index (χ3v) is 5.09. The molecule has 0 unspecified atom stereocenters. The first-order valence-electron chi connectivity index (χ1n) is 6.18. The minimum absolute atomic E-state index is 0.107. The number of benzene rings is 3.